The number of guanidine groups is 1. The van der Waals surface area contributed by atoms with Crippen molar-refractivity contribution in [2.75, 3.05) is 6.54 Å². The fraction of sp³-hybridized carbons (Fsp3) is 0.560. The summed E-state index contributed by atoms with van der Waals surface area (Å²) < 4.78 is 7.94. The number of nitrogens with zero attached hydrogens (tertiary/aromatic N) is 4. The number of nitrogens with two attached hydrogens (primary N) is 1. The first-order valence-corrected chi connectivity index (χ1v) is 12.2. The predicted octanol–water partition coefficient (Wildman–Crippen LogP) is 5.86. The number of aromatic nitrogens is 3. The summed E-state index contributed by atoms with van der Waals surface area (Å²) in [5.41, 5.74) is 7.92. The van der Waals surface area contributed by atoms with Crippen LogP contribution in [0.2, 0.25) is 0 Å². The Labute approximate surface area is 190 Å². The minimum atomic E-state index is -0.0977. The summed E-state index contributed by atoms with van der Waals surface area (Å²) in [4.78, 5) is 6.52. The first kappa shape index (κ1) is 22.4. The summed E-state index contributed by atoms with van der Waals surface area (Å²) in [5.74, 6) is 1.21. The lowest BCUT2D eigenvalue weighted by Crippen LogP contribution is -2.35. The smallest absolute Gasteiger partial charge is 0.249 e. The van der Waals surface area contributed by atoms with Crippen LogP contribution in [0.1, 0.15) is 83.1 Å². The quantitative estimate of drug-likeness (QED) is 0.223. The highest BCUT2D eigenvalue weighted by molar-refractivity contribution is 5.93. The van der Waals surface area contributed by atoms with Crippen LogP contribution in [-0.2, 0) is 6.54 Å². The third-order valence-corrected chi connectivity index (χ3v) is 6.60. The normalized spacial score (nSPS) is 16.3. The monoisotopic (exact) mass is 436 g/mol. The number of aryl methyl sites for hydroxylation is 1. The second kappa shape index (κ2) is 10.7. The Balaban J connectivity index is 1.40. The zero-order chi connectivity index (χ0) is 22.3. The van der Waals surface area contributed by atoms with Gasteiger partial charge in [0.1, 0.15) is 6.04 Å². The highest BCUT2D eigenvalue weighted by Gasteiger charge is 2.31. The Kier molecular flexibility index (Phi) is 7.45. The van der Waals surface area contributed by atoms with Gasteiger partial charge in [0.05, 0.1) is 0 Å². The van der Waals surface area contributed by atoms with Gasteiger partial charge in [0.2, 0.25) is 11.7 Å². The van der Waals surface area contributed by atoms with Crippen molar-refractivity contribution < 1.29 is 4.52 Å². The van der Waals surface area contributed by atoms with Gasteiger partial charge in [-0.15, -0.1) is 0 Å². The molecular weight excluding hydrogens is 400 g/mol. The van der Waals surface area contributed by atoms with Gasteiger partial charge in [-0.1, -0.05) is 69.2 Å². The largest absolute Gasteiger partial charge is 0.370 e. The van der Waals surface area contributed by atoms with E-state index < -0.39 is 0 Å². The number of benzene rings is 1. The van der Waals surface area contributed by atoms with Crippen molar-refractivity contribution in [1.29, 1.82) is 5.41 Å². The number of likely N-dealkylation sites (tertiary alicyclic amines) is 1. The van der Waals surface area contributed by atoms with Gasteiger partial charge in [-0.05, 0) is 31.4 Å². The van der Waals surface area contributed by atoms with Crippen LogP contribution in [0.25, 0.3) is 22.3 Å². The van der Waals surface area contributed by atoms with E-state index in [4.69, 9.17) is 20.7 Å². The minimum Gasteiger partial charge on any atom is -0.370 e. The molecule has 0 amide bonds. The molecule has 0 saturated carbocycles. The lowest BCUT2D eigenvalue weighted by Gasteiger charge is -2.21. The molecule has 7 heteroatoms. The molecule has 3 heterocycles. The number of fused-ring (bicyclic) bond motifs is 1. The highest BCUT2D eigenvalue weighted by atomic mass is 16.5. The molecule has 172 valence electrons. The first-order valence-electron chi connectivity index (χ1n) is 12.2. The van der Waals surface area contributed by atoms with Crippen molar-refractivity contribution >= 4 is 16.9 Å². The average molecular weight is 437 g/mol. The van der Waals surface area contributed by atoms with Gasteiger partial charge in [-0.25, -0.2) is 0 Å². The fourth-order valence-corrected chi connectivity index (χ4v) is 4.82. The van der Waals surface area contributed by atoms with Gasteiger partial charge < -0.3 is 19.7 Å². The number of unbranched alkanes of at least 4 members (excludes halogenated alkanes) is 7. The molecule has 1 aliphatic heterocycles. The van der Waals surface area contributed by atoms with Crippen molar-refractivity contribution in [3.63, 3.8) is 0 Å². The molecular formula is C25H36N6O. The summed E-state index contributed by atoms with van der Waals surface area (Å²) in [6.45, 7) is 4.06. The van der Waals surface area contributed by atoms with Crippen LogP contribution < -0.4 is 5.73 Å². The molecule has 1 aromatic carbocycles. The third kappa shape index (κ3) is 4.97. The Morgan fingerprint density at radius 3 is 2.69 bits per heavy atom. The van der Waals surface area contributed by atoms with Gasteiger partial charge >= 0.3 is 0 Å². The number of rotatable bonds is 11. The van der Waals surface area contributed by atoms with Gasteiger partial charge in [0.15, 0.2) is 5.96 Å². The number of nitrogens with one attached hydrogen (secondary N) is 1. The third-order valence-electron chi connectivity index (χ3n) is 6.60. The molecule has 4 rings (SSSR count). The van der Waals surface area contributed by atoms with E-state index in [1.165, 1.54) is 56.9 Å². The molecule has 0 aliphatic carbocycles. The van der Waals surface area contributed by atoms with Crippen LogP contribution >= 0.6 is 0 Å². The summed E-state index contributed by atoms with van der Waals surface area (Å²) in [6, 6.07) is 8.34. The molecule has 3 N–H and O–H groups in total. The molecule has 3 aromatic rings. The van der Waals surface area contributed by atoms with Gasteiger partial charge in [0, 0.05) is 35.8 Å². The van der Waals surface area contributed by atoms with Crippen LogP contribution in [0, 0.1) is 5.41 Å². The summed E-state index contributed by atoms with van der Waals surface area (Å²) in [5, 5.41) is 13.2. The maximum Gasteiger partial charge on any atom is 0.249 e. The molecule has 2 aromatic heterocycles. The van der Waals surface area contributed by atoms with E-state index >= 15 is 0 Å². The standard InChI is InChI=1S/C25H36N6O/c1-2-3-4-5-6-7-8-9-16-30-18-15-19-20(12-10-13-21(19)30)23-28-24(32-29-23)22-14-11-17-31(22)25(26)27/h10,12-13,15,18,22H,2-9,11,14,16-17H2,1H3,(H3,26,27)/t22-/m0/s1. The molecule has 32 heavy (non-hydrogen) atoms. The molecule has 7 nitrogen and oxygen atoms in total. The molecule has 1 fully saturated rings. The molecule has 0 unspecified atom stereocenters. The highest BCUT2D eigenvalue weighted by Crippen LogP contribution is 2.33. The summed E-state index contributed by atoms with van der Waals surface area (Å²) in [6.07, 6.45) is 14.6. The zero-order valence-electron chi connectivity index (χ0n) is 19.2. The van der Waals surface area contributed by atoms with E-state index in [0.717, 1.165) is 36.9 Å². The number of hydrogen-bond donors (Lipinski definition) is 2. The van der Waals surface area contributed by atoms with Gasteiger partial charge in [-0.2, -0.15) is 4.98 Å². The Morgan fingerprint density at radius 1 is 1.12 bits per heavy atom. The van der Waals surface area contributed by atoms with E-state index in [1.54, 1.807) is 0 Å². The van der Waals surface area contributed by atoms with Crippen LogP contribution in [0.3, 0.4) is 0 Å². The van der Waals surface area contributed by atoms with Crippen LogP contribution in [0.4, 0.5) is 0 Å². The first-order chi connectivity index (χ1) is 15.7. The topological polar surface area (TPSA) is 97.0 Å². The van der Waals surface area contributed by atoms with E-state index in [9.17, 15) is 0 Å². The summed E-state index contributed by atoms with van der Waals surface area (Å²) >= 11 is 0. The van der Waals surface area contributed by atoms with Gasteiger partial charge in [0.25, 0.3) is 0 Å². The fourth-order valence-electron chi connectivity index (χ4n) is 4.82. The van der Waals surface area contributed by atoms with Crippen molar-refractivity contribution in [1.82, 2.24) is 19.6 Å². The lowest BCUT2D eigenvalue weighted by atomic mass is 10.1. The van der Waals surface area contributed by atoms with Crippen molar-refractivity contribution in [3.8, 4) is 11.4 Å². The molecule has 1 atom stereocenters. The van der Waals surface area contributed by atoms with Gasteiger partial charge in [-0.3, -0.25) is 5.41 Å². The zero-order valence-corrected chi connectivity index (χ0v) is 19.2. The number of hydrogen-bond acceptors (Lipinski definition) is 4. The maximum atomic E-state index is 7.78. The van der Waals surface area contributed by atoms with E-state index in [0.29, 0.717) is 11.7 Å². The van der Waals surface area contributed by atoms with E-state index in [1.807, 2.05) is 4.90 Å². The summed E-state index contributed by atoms with van der Waals surface area (Å²) in [7, 11) is 0. The van der Waals surface area contributed by atoms with E-state index in [-0.39, 0.29) is 12.0 Å². The Morgan fingerprint density at radius 2 is 1.91 bits per heavy atom. The molecule has 0 radical (unpaired) electrons. The molecule has 0 bridgehead atoms. The van der Waals surface area contributed by atoms with Crippen LogP contribution in [0.15, 0.2) is 35.0 Å². The van der Waals surface area contributed by atoms with Crippen molar-refractivity contribution in [2.45, 2.75) is 83.7 Å². The van der Waals surface area contributed by atoms with E-state index in [2.05, 4.69) is 47.1 Å². The molecule has 1 saturated heterocycles. The molecule has 0 spiro atoms. The van der Waals surface area contributed by atoms with Crippen molar-refractivity contribution in [3.05, 3.63) is 36.4 Å². The second-order valence-electron chi connectivity index (χ2n) is 8.92. The van der Waals surface area contributed by atoms with Crippen LogP contribution in [0.5, 0.6) is 0 Å². The van der Waals surface area contributed by atoms with Crippen LogP contribution in [-0.4, -0.2) is 32.1 Å². The Hall–Kier alpha value is -2.83. The predicted molar refractivity (Wildman–Crippen MR) is 128 cm³/mol. The second-order valence-corrected chi connectivity index (χ2v) is 8.92. The average Bonchev–Trinajstić information content (AvgIpc) is 3.54. The maximum absolute atomic E-state index is 7.78. The lowest BCUT2D eigenvalue weighted by molar-refractivity contribution is 0.283. The minimum absolute atomic E-state index is 0.0624. The molecule has 1 aliphatic rings. The van der Waals surface area contributed by atoms with Crippen molar-refractivity contribution in [2.24, 2.45) is 5.73 Å². The Bertz CT molecular complexity index is 1020. The SMILES string of the molecule is CCCCCCCCCCn1ccc2c(-c3noc([C@@H]4CCCN4C(=N)N)n3)cccc21.